The molecule has 252 valence electrons. The highest BCUT2D eigenvalue weighted by Gasteiger charge is 2.63. The van der Waals surface area contributed by atoms with Gasteiger partial charge in [-0.05, 0) is 92.9 Å². The summed E-state index contributed by atoms with van der Waals surface area (Å²) in [5.74, 6) is 0.648. The molecule has 3 atom stereocenters. The molecule has 0 saturated heterocycles. The largest absolute Gasteiger partial charge is 0.497 e. The van der Waals surface area contributed by atoms with E-state index in [9.17, 15) is 18.0 Å². The van der Waals surface area contributed by atoms with Crippen molar-refractivity contribution in [3.63, 3.8) is 0 Å². The predicted octanol–water partition coefficient (Wildman–Crippen LogP) is 5.97. The number of fused-ring (bicyclic) bond motifs is 7. The van der Waals surface area contributed by atoms with E-state index < -0.39 is 26.6 Å². The second-order valence-electron chi connectivity index (χ2n) is 14.3. The van der Waals surface area contributed by atoms with E-state index in [0.29, 0.717) is 37.4 Å². The first-order valence-corrected chi connectivity index (χ1v) is 19.1. The fourth-order valence-electron chi connectivity index (χ4n) is 8.54. The van der Waals surface area contributed by atoms with Gasteiger partial charge in [-0.2, -0.15) is 0 Å². The van der Waals surface area contributed by atoms with Gasteiger partial charge in [-0.25, -0.2) is 13.1 Å². The summed E-state index contributed by atoms with van der Waals surface area (Å²) in [4.78, 5) is 27.9. The lowest BCUT2D eigenvalue weighted by Crippen LogP contribution is -2.45. The summed E-state index contributed by atoms with van der Waals surface area (Å²) >= 11 is 0. The number of aromatic nitrogens is 1. The summed E-state index contributed by atoms with van der Waals surface area (Å²) < 4.78 is 36.1. The van der Waals surface area contributed by atoms with Gasteiger partial charge in [0.05, 0.1) is 23.5 Å². The minimum atomic E-state index is -3.73. The van der Waals surface area contributed by atoms with E-state index in [2.05, 4.69) is 39.0 Å². The number of hydrogen-bond donors (Lipinski definition) is 3. The van der Waals surface area contributed by atoms with Crippen LogP contribution in [0.2, 0.25) is 0 Å². The predicted molar refractivity (Wildman–Crippen MR) is 184 cm³/mol. The van der Waals surface area contributed by atoms with Gasteiger partial charge in [0, 0.05) is 47.1 Å². The Bertz CT molecular complexity index is 1800. The molecule has 3 unspecified atom stereocenters. The number of methoxy groups -OCH3 is 1. The Balaban J connectivity index is 1.39. The van der Waals surface area contributed by atoms with Crippen LogP contribution in [-0.2, 0) is 21.4 Å². The molecule has 3 fully saturated rings. The monoisotopic (exact) mass is 660 g/mol. The SMILES string of the molecule is CCCC(CNC)NC(=O)C12CC1c1cc(OC)ccc1-c1c(C3CCCCC3)c3ccc(C(=O)NS(=O)(=O)C4CCC4)cc3n1C2. The summed E-state index contributed by atoms with van der Waals surface area (Å²) in [6, 6.07) is 11.9. The molecular formula is C37H48N4O5S. The van der Waals surface area contributed by atoms with Gasteiger partial charge in [0.2, 0.25) is 15.9 Å². The topological polar surface area (TPSA) is 119 Å². The van der Waals surface area contributed by atoms with Gasteiger partial charge in [0.1, 0.15) is 5.75 Å². The van der Waals surface area contributed by atoms with Crippen LogP contribution >= 0.6 is 0 Å². The third kappa shape index (κ3) is 5.65. The van der Waals surface area contributed by atoms with E-state index in [-0.39, 0.29) is 17.9 Å². The van der Waals surface area contributed by atoms with Crippen molar-refractivity contribution in [1.29, 1.82) is 0 Å². The molecule has 3 aromatic rings. The molecule has 7 rings (SSSR count). The first-order valence-electron chi connectivity index (χ1n) is 17.6. The third-order valence-electron chi connectivity index (χ3n) is 11.4. The van der Waals surface area contributed by atoms with E-state index in [1.54, 1.807) is 13.2 Å². The van der Waals surface area contributed by atoms with Gasteiger partial charge in [-0.15, -0.1) is 0 Å². The molecule has 2 aromatic carbocycles. The number of ether oxygens (including phenoxy) is 1. The molecule has 0 bridgehead atoms. The number of nitrogens with zero attached hydrogens (tertiary/aromatic N) is 1. The van der Waals surface area contributed by atoms with Crippen molar-refractivity contribution in [2.24, 2.45) is 5.41 Å². The maximum atomic E-state index is 14.4. The zero-order valence-corrected chi connectivity index (χ0v) is 28.7. The normalized spacial score (nSPS) is 23.1. The van der Waals surface area contributed by atoms with Crippen LogP contribution < -0.4 is 20.1 Å². The Morgan fingerprint density at radius 1 is 1.04 bits per heavy atom. The maximum Gasteiger partial charge on any atom is 0.264 e. The van der Waals surface area contributed by atoms with Crippen LogP contribution in [0.4, 0.5) is 0 Å². The summed E-state index contributed by atoms with van der Waals surface area (Å²) in [5, 5.41) is 7.23. The van der Waals surface area contributed by atoms with Crippen molar-refractivity contribution in [1.82, 2.24) is 19.9 Å². The smallest absolute Gasteiger partial charge is 0.264 e. The van der Waals surface area contributed by atoms with Crippen molar-refractivity contribution < 1.29 is 22.7 Å². The van der Waals surface area contributed by atoms with Gasteiger partial charge in [-0.3, -0.25) is 9.59 Å². The zero-order valence-electron chi connectivity index (χ0n) is 27.9. The van der Waals surface area contributed by atoms with Crippen LogP contribution in [-0.4, -0.2) is 56.8 Å². The average Bonchev–Trinajstić information content (AvgIpc) is 3.70. The van der Waals surface area contributed by atoms with E-state index in [0.717, 1.165) is 72.0 Å². The Morgan fingerprint density at radius 3 is 2.51 bits per heavy atom. The lowest BCUT2D eigenvalue weighted by atomic mass is 9.81. The molecule has 0 spiro atoms. The summed E-state index contributed by atoms with van der Waals surface area (Å²) in [5.41, 5.74) is 5.24. The standard InChI is InChI=1S/C37H48N4O5S/c1-4-9-25(21-38-2)39-36(43)37-20-31(37)30-19-26(46-3)15-17-28(30)34-33(23-10-6-5-7-11-23)29-16-14-24(18-32(29)41(34)22-37)35(42)40-47(44,45)27-12-8-13-27/h14-19,23,25,27,31,38H,4-13,20-22H2,1-3H3,(H,39,43)(H,40,42). The van der Waals surface area contributed by atoms with Crippen molar-refractivity contribution in [3.8, 4) is 17.0 Å². The molecule has 0 radical (unpaired) electrons. The number of carbonyl (C=O) groups excluding carboxylic acids is 2. The number of likely N-dealkylation sites (N-methyl/N-ethyl adjacent to an activating group) is 1. The number of amides is 2. The lowest BCUT2D eigenvalue weighted by molar-refractivity contribution is -0.127. The first kappa shape index (κ1) is 32.2. The first-order chi connectivity index (χ1) is 22.7. The van der Waals surface area contributed by atoms with Crippen molar-refractivity contribution in [2.75, 3.05) is 20.7 Å². The molecule has 3 aliphatic carbocycles. The lowest BCUT2D eigenvalue weighted by Gasteiger charge is -2.25. The number of carbonyl (C=O) groups is 2. The van der Waals surface area contributed by atoms with Crippen molar-refractivity contribution in [2.45, 2.75) is 107 Å². The Morgan fingerprint density at radius 2 is 1.83 bits per heavy atom. The molecule has 10 heteroatoms. The highest BCUT2D eigenvalue weighted by Crippen LogP contribution is 2.65. The fraction of sp³-hybridized carbons (Fsp3) is 0.568. The average molecular weight is 661 g/mol. The fourth-order valence-corrected chi connectivity index (χ4v) is 10.0. The highest BCUT2D eigenvalue weighted by molar-refractivity contribution is 7.90. The zero-order chi connectivity index (χ0) is 32.9. The van der Waals surface area contributed by atoms with Crippen LogP contribution in [0.25, 0.3) is 22.2 Å². The Hall–Kier alpha value is -3.37. The number of nitrogens with one attached hydrogen (secondary N) is 3. The van der Waals surface area contributed by atoms with E-state index >= 15 is 0 Å². The molecule has 2 heterocycles. The molecule has 3 saturated carbocycles. The summed E-state index contributed by atoms with van der Waals surface area (Å²) in [6.45, 7) is 3.33. The second-order valence-corrected chi connectivity index (χ2v) is 16.3. The minimum Gasteiger partial charge on any atom is -0.497 e. The number of hydrogen-bond acceptors (Lipinski definition) is 6. The molecule has 3 N–H and O–H groups in total. The van der Waals surface area contributed by atoms with E-state index in [1.807, 2.05) is 25.2 Å². The molecule has 4 aliphatic rings. The molecule has 2 amide bonds. The van der Waals surface area contributed by atoms with Crippen LogP contribution in [0.5, 0.6) is 5.75 Å². The Labute approximate surface area is 278 Å². The Kier molecular flexibility index (Phi) is 8.62. The van der Waals surface area contributed by atoms with E-state index in [1.165, 1.54) is 24.8 Å². The number of sulfonamides is 1. The quantitative estimate of drug-likeness (QED) is 0.233. The molecular weight excluding hydrogens is 612 g/mol. The number of benzene rings is 2. The molecule has 1 aliphatic heterocycles. The number of rotatable bonds is 11. The molecule has 9 nitrogen and oxygen atoms in total. The van der Waals surface area contributed by atoms with E-state index in [4.69, 9.17) is 4.74 Å². The van der Waals surface area contributed by atoms with Gasteiger partial charge in [0.25, 0.3) is 5.91 Å². The van der Waals surface area contributed by atoms with Crippen LogP contribution in [0, 0.1) is 5.41 Å². The molecule has 1 aromatic heterocycles. The molecule has 47 heavy (non-hydrogen) atoms. The maximum absolute atomic E-state index is 14.4. The van der Waals surface area contributed by atoms with Crippen molar-refractivity contribution >= 4 is 32.7 Å². The van der Waals surface area contributed by atoms with Gasteiger partial charge < -0.3 is 19.9 Å². The van der Waals surface area contributed by atoms with Crippen LogP contribution in [0.15, 0.2) is 36.4 Å². The van der Waals surface area contributed by atoms with Crippen LogP contribution in [0.3, 0.4) is 0 Å². The summed E-state index contributed by atoms with van der Waals surface area (Å²) in [7, 11) is -0.131. The van der Waals surface area contributed by atoms with Gasteiger partial charge in [-0.1, -0.05) is 45.1 Å². The summed E-state index contributed by atoms with van der Waals surface area (Å²) in [6.07, 6.45) is 10.4. The van der Waals surface area contributed by atoms with Crippen LogP contribution in [0.1, 0.15) is 111 Å². The van der Waals surface area contributed by atoms with Crippen molar-refractivity contribution in [3.05, 3.63) is 53.1 Å². The highest BCUT2D eigenvalue weighted by atomic mass is 32.2. The minimum absolute atomic E-state index is 0.0350. The second kappa shape index (κ2) is 12.6. The van der Waals surface area contributed by atoms with Gasteiger partial charge >= 0.3 is 0 Å². The third-order valence-corrected chi connectivity index (χ3v) is 13.2. The van der Waals surface area contributed by atoms with Gasteiger partial charge in [0.15, 0.2) is 0 Å².